The molecule has 2 nitrogen and oxygen atoms in total. The van der Waals surface area contributed by atoms with Gasteiger partial charge in [-0.3, -0.25) is 0 Å². The summed E-state index contributed by atoms with van der Waals surface area (Å²) in [5, 5.41) is 0. The number of rotatable bonds is 2. The molecule has 13 heavy (non-hydrogen) atoms. The van der Waals surface area contributed by atoms with E-state index in [4.69, 9.17) is 11.5 Å². The molecule has 0 aromatic carbocycles. The van der Waals surface area contributed by atoms with E-state index in [0.717, 1.165) is 19.0 Å². The topological polar surface area (TPSA) is 52.0 Å². The summed E-state index contributed by atoms with van der Waals surface area (Å²) in [5.41, 5.74) is 14.2. The third-order valence-corrected chi connectivity index (χ3v) is 3.13. The molecule has 0 saturated heterocycles. The van der Waals surface area contributed by atoms with Crippen molar-refractivity contribution < 1.29 is 0 Å². The molecule has 2 aliphatic carbocycles. The van der Waals surface area contributed by atoms with Crippen molar-refractivity contribution in [3.05, 3.63) is 23.3 Å². The van der Waals surface area contributed by atoms with Crippen molar-refractivity contribution in [1.82, 2.24) is 0 Å². The predicted octanol–water partition coefficient (Wildman–Crippen LogP) is 1.19. The molecular formula is C11H18N2. The van der Waals surface area contributed by atoms with E-state index in [0.29, 0.717) is 5.92 Å². The molecule has 0 fully saturated rings. The van der Waals surface area contributed by atoms with Gasteiger partial charge in [-0.1, -0.05) is 23.3 Å². The van der Waals surface area contributed by atoms with Gasteiger partial charge < -0.3 is 11.5 Å². The summed E-state index contributed by atoms with van der Waals surface area (Å²) in [4.78, 5) is 0. The summed E-state index contributed by atoms with van der Waals surface area (Å²) in [5.74, 6) is 1.45. The maximum Gasteiger partial charge on any atom is 0.0137 e. The highest BCUT2D eigenvalue weighted by Crippen LogP contribution is 2.37. The highest BCUT2D eigenvalue weighted by Gasteiger charge is 2.25. The normalized spacial score (nSPS) is 32.5. The zero-order valence-corrected chi connectivity index (χ0v) is 8.00. The molecule has 0 atom stereocenters. The van der Waals surface area contributed by atoms with E-state index in [9.17, 15) is 0 Å². The third kappa shape index (κ3) is 1.84. The average Bonchev–Trinajstić information content (AvgIpc) is 2.16. The average molecular weight is 178 g/mol. The fourth-order valence-electron chi connectivity index (χ4n) is 2.59. The van der Waals surface area contributed by atoms with Crippen LogP contribution in [-0.4, -0.2) is 13.1 Å². The zero-order chi connectivity index (χ0) is 9.26. The predicted molar refractivity (Wildman–Crippen MR) is 55.1 cm³/mol. The summed E-state index contributed by atoms with van der Waals surface area (Å²) in [6.07, 6.45) is 8.39. The van der Waals surface area contributed by atoms with E-state index in [1.807, 2.05) is 0 Å². The fraction of sp³-hybridized carbons (Fsp3) is 0.636. The number of allylic oxidation sites excluding steroid dienone is 2. The SMILES string of the molecule is NCC1=CC2C=C(CN)CC(C1)C2. The molecule has 0 unspecified atom stereocenters. The molecule has 72 valence electrons. The van der Waals surface area contributed by atoms with E-state index in [1.54, 1.807) is 0 Å². The van der Waals surface area contributed by atoms with Crippen molar-refractivity contribution in [3.63, 3.8) is 0 Å². The van der Waals surface area contributed by atoms with Gasteiger partial charge in [0.25, 0.3) is 0 Å². The minimum atomic E-state index is 0.629. The van der Waals surface area contributed by atoms with Gasteiger partial charge in [0.2, 0.25) is 0 Å². The maximum absolute atomic E-state index is 5.66. The molecule has 0 aliphatic heterocycles. The van der Waals surface area contributed by atoms with Gasteiger partial charge in [-0.25, -0.2) is 0 Å². The lowest BCUT2D eigenvalue weighted by molar-refractivity contribution is 0.393. The summed E-state index contributed by atoms with van der Waals surface area (Å²) >= 11 is 0. The zero-order valence-electron chi connectivity index (χ0n) is 8.00. The maximum atomic E-state index is 5.66. The number of nitrogens with two attached hydrogens (primary N) is 2. The number of hydrogen-bond donors (Lipinski definition) is 2. The Bertz CT molecular complexity index is 229. The molecular weight excluding hydrogens is 160 g/mol. The van der Waals surface area contributed by atoms with Gasteiger partial charge in [-0.05, 0) is 31.1 Å². The highest BCUT2D eigenvalue weighted by molar-refractivity contribution is 5.23. The lowest BCUT2D eigenvalue weighted by Gasteiger charge is -2.32. The van der Waals surface area contributed by atoms with Crippen molar-refractivity contribution in [2.45, 2.75) is 19.3 Å². The van der Waals surface area contributed by atoms with Crippen LogP contribution in [0.4, 0.5) is 0 Å². The Labute approximate surface area is 79.7 Å². The van der Waals surface area contributed by atoms with E-state index in [-0.39, 0.29) is 0 Å². The molecule has 0 saturated carbocycles. The first-order chi connectivity index (χ1) is 6.31. The van der Waals surface area contributed by atoms with Crippen LogP contribution in [0.15, 0.2) is 23.3 Å². The van der Waals surface area contributed by atoms with Crippen LogP contribution in [0, 0.1) is 11.8 Å². The summed E-state index contributed by atoms with van der Waals surface area (Å²) in [6.45, 7) is 1.47. The molecule has 2 aliphatic rings. The smallest absolute Gasteiger partial charge is 0.0137 e. The van der Waals surface area contributed by atoms with Gasteiger partial charge in [0.15, 0.2) is 0 Å². The lowest BCUT2D eigenvalue weighted by Crippen LogP contribution is -2.23. The molecule has 0 radical (unpaired) electrons. The van der Waals surface area contributed by atoms with Crippen molar-refractivity contribution in [3.8, 4) is 0 Å². The second-order valence-electron chi connectivity index (χ2n) is 4.23. The summed E-state index contributed by atoms with van der Waals surface area (Å²) in [7, 11) is 0. The summed E-state index contributed by atoms with van der Waals surface area (Å²) < 4.78 is 0. The second-order valence-corrected chi connectivity index (χ2v) is 4.23. The molecule has 0 aromatic heterocycles. The molecule has 0 aromatic rings. The largest absolute Gasteiger partial charge is 0.327 e. The van der Waals surface area contributed by atoms with Crippen molar-refractivity contribution >= 4 is 0 Å². The van der Waals surface area contributed by atoms with E-state index >= 15 is 0 Å². The number of hydrogen-bond acceptors (Lipinski definition) is 2. The molecule has 0 spiro atoms. The third-order valence-electron chi connectivity index (χ3n) is 3.13. The Morgan fingerprint density at radius 3 is 2.00 bits per heavy atom. The van der Waals surface area contributed by atoms with E-state index in [2.05, 4.69) is 12.2 Å². The lowest BCUT2D eigenvalue weighted by atomic mass is 9.74. The van der Waals surface area contributed by atoms with Crippen LogP contribution in [0.5, 0.6) is 0 Å². The van der Waals surface area contributed by atoms with Crippen LogP contribution in [0.2, 0.25) is 0 Å². The first-order valence-corrected chi connectivity index (χ1v) is 5.11. The van der Waals surface area contributed by atoms with Gasteiger partial charge in [0.05, 0.1) is 0 Å². The van der Waals surface area contributed by atoms with Crippen LogP contribution >= 0.6 is 0 Å². The monoisotopic (exact) mass is 178 g/mol. The highest BCUT2D eigenvalue weighted by atomic mass is 14.6. The van der Waals surface area contributed by atoms with Crippen molar-refractivity contribution in [1.29, 1.82) is 0 Å². The summed E-state index contributed by atoms with van der Waals surface area (Å²) in [6, 6.07) is 0. The first-order valence-electron chi connectivity index (χ1n) is 5.11. The van der Waals surface area contributed by atoms with Crippen molar-refractivity contribution in [2.75, 3.05) is 13.1 Å². The fourth-order valence-corrected chi connectivity index (χ4v) is 2.59. The molecule has 4 N–H and O–H groups in total. The number of fused-ring (bicyclic) bond motifs is 2. The van der Waals surface area contributed by atoms with Crippen LogP contribution in [0.1, 0.15) is 19.3 Å². The van der Waals surface area contributed by atoms with Gasteiger partial charge in [-0.2, -0.15) is 0 Å². The molecule has 0 heterocycles. The van der Waals surface area contributed by atoms with Crippen LogP contribution in [0.25, 0.3) is 0 Å². The van der Waals surface area contributed by atoms with Gasteiger partial charge in [0, 0.05) is 13.1 Å². The first kappa shape index (κ1) is 8.97. The minimum Gasteiger partial charge on any atom is -0.327 e. The molecule has 2 bridgehead atoms. The van der Waals surface area contributed by atoms with E-state index < -0.39 is 0 Å². The quantitative estimate of drug-likeness (QED) is 0.624. The Morgan fingerprint density at radius 1 is 1.08 bits per heavy atom. The Kier molecular flexibility index (Phi) is 2.51. The minimum absolute atomic E-state index is 0.629. The standard InChI is InChI=1S/C11H18N2/c12-6-10-2-8-1-9(4-10)5-11(3-8)7-13/h2-3,8-9H,1,4-7,12-13H2. The molecule has 2 heteroatoms. The van der Waals surface area contributed by atoms with Crippen LogP contribution in [0.3, 0.4) is 0 Å². The van der Waals surface area contributed by atoms with Crippen LogP contribution in [-0.2, 0) is 0 Å². The van der Waals surface area contributed by atoms with Crippen molar-refractivity contribution in [2.24, 2.45) is 23.3 Å². The van der Waals surface area contributed by atoms with E-state index in [1.165, 1.54) is 30.4 Å². The Balaban J connectivity index is 2.17. The van der Waals surface area contributed by atoms with Crippen LogP contribution < -0.4 is 11.5 Å². The van der Waals surface area contributed by atoms with Gasteiger partial charge in [-0.15, -0.1) is 0 Å². The molecule has 2 rings (SSSR count). The second kappa shape index (κ2) is 3.64. The Hall–Kier alpha value is -0.600. The van der Waals surface area contributed by atoms with Gasteiger partial charge in [0.1, 0.15) is 0 Å². The van der Waals surface area contributed by atoms with Gasteiger partial charge >= 0.3 is 0 Å². The molecule has 0 amide bonds. The Morgan fingerprint density at radius 2 is 1.62 bits per heavy atom.